The van der Waals surface area contributed by atoms with Gasteiger partial charge in [0.25, 0.3) is 5.76 Å². The van der Waals surface area contributed by atoms with E-state index in [1.54, 1.807) is 30.3 Å². The van der Waals surface area contributed by atoms with E-state index >= 15 is 0 Å². The Labute approximate surface area is 126 Å². The molecule has 0 fully saturated rings. The van der Waals surface area contributed by atoms with Crippen molar-refractivity contribution in [1.29, 1.82) is 0 Å². The van der Waals surface area contributed by atoms with Gasteiger partial charge in [0.2, 0.25) is 0 Å². The van der Waals surface area contributed by atoms with Crippen LogP contribution in [-0.2, 0) is 6.42 Å². The average Bonchev–Trinajstić information content (AvgIpc) is 2.40. The van der Waals surface area contributed by atoms with Gasteiger partial charge in [-0.2, -0.15) is 8.78 Å². The standard InChI is InChI=1S/C16H16F3NS/c1-11(9-12-3-2-4-13(17)10-12)20-14-5-7-15(8-6-14)21-16(18)19/h2-8,10-11,16,20H,9H2,1H3. The maximum atomic E-state index is 13.1. The van der Waals surface area contributed by atoms with Crippen molar-refractivity contribution >= 4 is 17.4 Å². The zero-order valence-corrected chi connectivity index (χ0v) is 12.3. The third-order valence-corrected chi connectivity index (χ3v) is 3.65. The molecule has 1 unspecified atom stereocenters. The molecule has 1 nitrogen and oxygen atoms in total. The maximum Gasteiger partial charge on any atom is 0.288 e. The van der Waals surface area contributed by atoms with Gasteiger partial charge in [0, 0.05) is 16.6 Å². The number of benzene rings is 2. The van der Waals surface area contributed by atoms with Crippen molar-refractivity contribution in [3.63, 3.8) is 0 Å². The molecule has 0 saturated heterocycles. The smallest absolute Gasteiger partial charge is 0.288 e. The summed E-state index contributed by atoms with van der Waals surface area (Å²) in [7, 11) is 0. The molecule has 21 heavy (non-hydrogen) atoms. The van der Waals surface area contributed by atoms with E-state index in [-0.39, 0.29) is 11.9 Å². The summed E-state index contributed by atoms with van der Waals surface area (Å²) >= 11 is 0.527. The molecule has 0 aliphatic heterocycles. The monoisotopic (exact) mass is 311 g/mol. The Balaban J connectivity index is 1.91. The average molecular weight is 311 g/mol. The fourth-order valence-electron chi connectivity index (χ4n) is 2.09. The fraction of sp³-hybridized carbons (Fsp3) is 0.250. The van der Waals surface area contributed by atoms with Crippen LogP contribution >= 0.6 is 11.8 Å². The van der Waals surface area contributed by atoms with Gasteiger partial charge in [-0.1, -0.05) is 23.9 Å². The number of hydrogen-bond acceptors (Lipinski definition) is 2. The normalized spacial score (nSPS) is 12.4. The Morgan fingerprint density at radius 1 is 1.10 bits per heavy atom. The molecule has 1 N–H and O–H groups in total. The molecule has 1 atom stereocenters. The number of thioether (sulfide) groups is 1. The highest BCUT2D eigenvalue weighted by atomic mass is 32.2. The quantitative estimate of drug-likeness (QED) is 0.737. The van der Waals surface area contributed by atoms with Crippen molar-refractivity contribution in [2.45, 2.75) is 30.0 Å². The van der Waals surface area contributed by atoms with E-state index < -0.39 is 5.76 Å². The first-order valence-corrected chi connectivity index (χ1v) is 7.47. The van der Waals surface area contributed by atoms with E-state index in [0.29, 0.717) is 23.1 Å². The number of nitrogens with one attached hydrogen (secondary N) is 1. The van der Waals surface area contributed by atoms with Crippen molar-refractivity contribution in [2.24, 2.45) is 0 Å². The Bertz CT molecular complexity index is 572. The van der Waals surface area contributed by atoms with E-state index in [4.69, 9.17) is 0 Å². The summed E-state index contributed by atoms with van der Waals surface area (Å²) in [5.74, 6) is -2.65. The zero-order valence-electron chi connectivity index (χ0n) is 11.5. The minimum atomic E-state index is -2.41. The second-order valence-electron chi connectivity index (χ2n) is 4.78. The van der Waals surface area contributed by atoms with Crippen molar-refractivity contribution in [2.75, 3.05) is 5.32 Å². The largest absolute Gasteiger partial charge is 0.382 e. The summed E-state index contributed by atoms with van der Waals surface area (Å²) in [5.41, 5.74) is 1.78. The summed E-state index contributed by atoms with van der Waals surface area (Å²) in [6.07, 6.45) is 0.686. The van der Waals surface area contributed by atoms with Crippen LogP contribution in [0.1, 0.15) is 12.5 Å². The molecule has 5 heteroatoms. The molecule has 0 aliphatic rings. The number of alkyl halides is 2. The molecule has 0 amide bonds. The molecule has 0 aliphatic carbocycles. The molecule has 0 aromatic heterocycles. The highest BCUT2D eigenvalue weighted by molar-refractivity contribution is 7.99. The molecule has 112 valence electrons. The molecular weight excluding hydrogens is 295 g/mol. The minimum Gasteiger partial charge on any atom is -0.382 e. The molecule has 2 rings (SSSR count). The fourth-order valence-corrected chi connectivity index (χ4v) is 2.58. The lowest BCUT2D eigenvalue weighted by molar-refractivity contribution is 0.252. The highest BCUT2D eigenvalue weighted by Gasteiger charge is 2.07. The van der Waals surface area contributed by atoms with E-state index in [1.807, 2.05) is 13.0 Å². The van der Waals surface area contributed by atoms with Crippen molar-refractivity contribution < 1.29 is 13.2 Å². The van der Waals surface area contributed by atoms with Gasteiger partial charge >= 0.3 is 0 Å². The molecule has 0 bridgehead atoms. The van der Waals surface area contributed by atoms with E-state index in [1.165, 1.54) is 12.1 Å². The first kappa shape index (κ1) is 15.8. The van der Waals surface area contributed by atoms with E-state index in [9.17, 15) is 13.2 Å². The van der Waals surface area contributed by atoms with E-state index in [0.717, 1.165) is 11.3 Å². The molecule has 0 spiro atoms. The van der Waals surface area contributed by atoms with Gasteiger partial charge in [-0.25, -0.2) is 4.39 Å². The molecule has 2 aromatic rings. The lowest BCUT2D eigenvalue weighted by Gasteiger charge is -2.15. The number of halogens is 3. The maximum absolute atomic E-state index is 13.1. The molecule has 2 aromatic carbocycles. The van der Waals surface area contributed by atoms with Crippen LogP contribution in [0.3, 0.4) is 0 Å². The summed E-state index contributed by atoms with van der Waals surface area (Å²) in [5, 5.41) is 3.27. The van der Waals surface area contributed by atoms with Crippen molar-refractivity contribution in [3.8, 4) is 0 Å². The summed E-state index contributed by atoms with van der Waals surface area (Å²) in [6, 6.07) is 13.5. The molecule has 0 saturated carbocycles. The molecular formula is C16H16F3NS. The van der Waals surface area contributed by atoms with Gasteiger partial charge in [0.15, 0.2) is 0 Å². The minimum absolute atomic E-state index is 0.111. The third-order valence-electron chi connectivity index (χ3n) is 2.92. The molecule has 0 radical (unpaired) electrons. The van der Waals surface area contributed by atoms with Crippen LogP contribution in [0.15, 0.2) is 53.4 Å². The van der Waals surface area contributed by atoms with Gasteiger partial charge in [-0.3, -0.25) is 0 Å². The van der Waals surface area contributed by atoms with Crippen LogP contribution in [0.2, 0.25) is 0 Å². The van der Waals surface area contributed by atoms with Gasteiger partial charge in [-0.05, 0) is 55.3 Å². The van der Waals surface area contributed by atoms with Crippen molar-refractivity contribution in [3.05, 3.63) is 59.9 Å². The van der Waals surface area contributed by atoms with Gasteiger partial charge in [0.1, 0.15) is 5.82 Å². The van der Waals surface area contributed by atoms with Gasteiger partial charge < -0.3 is 5.32 Å². The first-order chi connectivity index (χ1) is 10.0. The van der Waals surface area contributed by atoms with E-state index in [2.05, 4.69) is 5.32 Å². The van der Waals surface area contributed by atoms with Crippen LogP contribution < -0.4 is 5.32 Å². The van der Waals surface area contributed by atoms with Crippen LogP contribution in [-0.4, -0.2) is 11.8 Å². The second-order valence-corrected chi connectivity index (χ2v) is 5.85. The first-order valence-electron chi connectivity index (χ1n) is 6.59. The van der Waals surface area contributed by atoms with Gasteiger partial charge in [-0.15, -0.1) is 0 Å². The van der Waals surface area contributed by atoms with Gasteiger partial charge in [0.05, 0.1) is 0 Å². The lowest BCUT2D eigenvalue weighted by Crippen LogP contribution is -2.18. The Kier molecular flexibility index (Phi) is 5.56. The Morgan fingerprint density at radius 3 is 2.43 bits per heavy atom. The SMILES string of the molecule is CC(Cc1cccc(F)c1)Nc1ccc(SC(F)F)cc1. The summed E-state index contributed by atoms with van der Waals surface area (Å²) in [4.78, 5) is 0.535. The van der Waals surface area contributed by atoms with Crippen LogP contribution in [0, 0.1) is 5.82 Å². The Morgan fingerprint density at radius 2 is 1.81 bits per heavy atom. The van der Waals surface area contributed by atoms with Crippen molar-refractivity contribution in [1.82, 2.24) is 0 Å². The Hall–Kier alpha value is -1.62. The number of hydrogen-bond donors (Lipinski definition) is 1. The van der Waals surface area contributed by atoms with Crippen LogP contribution in [0.5, 0.6) is 0 Å². The predicted octanol–water partition coefficient (Wildman–Crippen LogP) is 5.18. The second kappa shape index (κ2) is 7.41. The summed E-state index contributed by atoms with van der Waals surface area (Å²) < 4.78 is 37.6. The number of rotatable bonds is 6. The molecule has 0 heterocycles. The van der Waals surface area contributed by atoms with Crippen LogP contribution in [0.25, 0.3) is 0 Å². The predicted molar refractivity (Wildman–Crippen MR) is 81.5 cm³/mol. The lowest BCUT2D eigenvalue weighted by atomic mass is 10.1. The summed E-state index contributed by atoms with van der Waals surface area (Å²) in [6.45, 7) is 1.99. The third kappa shape index (κ3) is 5.34. The highest BCUT2D eigenvalue weighted by Crippen LogP contribution is 2.26. The topological polar surface area (TPSA) is 12.0 Å². The number of anilines is 1. The zero-order chi connectivity index (χ0) is 15.2. The van der Waals surface area contributed by atoms with Crippen LogP contribution in [0.4, 0.5) is 18.9 Å².